The highest BCUT2D eigenvalue weighted by Gasteiger charge is 2.31. The van der Waals surface area contributed by atoms with E-state index in [1.165, 1.54) is 0 Å². The number of carbonyl (C=O) groups excluding carboxylic acids is 1. The number of halogens is 1. The summed E-state index contributed by atoms with van der Waals surface area (Å²) >= 11 is 0. The minimum Gasteiger partial charge on any atom is -0.493 e. The highest BCUT2D eigenvalue weighted by molar-refractivity contribution is 5.93. The van der Waals surface area contributed by atoms with Gasteiger partial charge in [-0.2, -0.15) is 0 Å². The van der Waals surface area contributed by atoms with E-state index in [1.807, 2.05) is 38.1 Å². The molecule has 146 valence electrons. The van der Waals surface area contributed by atoms with Gasteiger partial charge in [-0.05, 0) is 51.0 Å². The minimum atomic E-state index is -0.274. The number of allylic oxidation sites excluding steroid dienone is 1. The lowest BCUT2D eigenvalue weighted by Crippen LogP contribution is -2.51. The van der Waals surface area contributed by atoms with Crippen LogP contribution in [0, 0.1) is 0 Å². The minimum absolute atomic E-state index is 0. The monoisotopic (exact) mass is 383 g/mol. The summed E-state index contributed by atoms with van der Waals surface area (Å²) in [5.74, 6) is 1.47. The van der Waals surface area contributed by atoms with Gasteiger partial charge in [-0.25, -0.2) is 0 Å². The average molecular weight is 384 g/mol. The summed E-state index contributed by atoms with van der Waals surface area (Å²) in [6.45, 7) is 8.26. The molecule has 0 saturated carbocycles. The lowest BCUT2D eigenvalue weighted by atomic mass is 9.96. The Hall–Kier alpha value is -1.56. The van der Waals surface area contributed by atoms with Gasteiger partial charge in [0.2, 0.25) is 0 Å². The van der Waals surface area contributed by atoms with Crippen molar-refractivity contribution in [3.8, 4) is 11.5 Å². The van der Waals surface area contributed by atoms with Crippen molar-refractivity contribution in [1.29, 1.82) is 0 Å². The second-order valence-corrected chi connectivity index (χ2v) is 6.65. The van der Waals surface area contributed by atoms with Crippen molar-refractivity contribution in [2.24, 2.45) is 0 Å². The number of ether oxygens (including phenoxy) is 3. The number of hydrogen-bond donors (Lipinski definition) is 1. The Balaban J connectivity index is 0.00000338. The first-order valence-corrected chi connectivity index (χ1v) is 8.86. The van der Waals surface area contributed by atoms with Crippen molar-refractivity contribution in [1.82, 2.24) is 5.32 Å². The number of carbonyl (C=O) groups is 1. The van der Waals surface area contributed by atoms with Gasteiger partial charge in [0.1, 0.15) is 0 Å². The fourth-order valence-corrected chi connectivity index (χ4v) is 2.98. The van der Waals surface area contributed by atoms with Crippen molar-refractivity contribution in [3.63, 3.8) is 0 Å². The number of methoxy groups -OCH3 is 1. The first-order valence-electron chi connectivity index (χ1n) is 8.86. The molecule has 0 aliphatic carbocycles. The summed E-state index contributed by atoms with van der Waals surface area (Å²) in [5.41, 5.74) is 0.632. The zero-order valence-corrected chi connectivity index (χ0v) is 16.9. The standard InChI is InChI=1S/C20H29NO4.ClH/c1-5-24-18-9-7-16(12-19(18)23-4)6-8-17(22)10-11-20(3)14-21-13-15(2)25-20;/h6-9,12,15,21H,5,10-11,13-14H2,1-4H3;1H. The van der Waals surface area contributed by atoms with E-state index in [0.29, 0.717) is 30.9 Å². The Morgan fingerprint density at radius 1 is 1.42 bits per heavy atom. The number of ketones is 1. The van der Waals surface area contributed by atoms with Crippen LogP contribution in [0.3, 0.4) is 0 Å². The molecule has 2 atom stereocenters. The third-order valence-corrected chi connectivity index (χ3v) is 4.27. The van der Waals surface area contributed by atoms with Crippen LogP contribution in [0.2, 0.25) is 0 Å². The van der Waals surface area contributed by atoms with Gasteiger partial charge in [-0.3, -0.25) is 4.79 Å². The Morgan fingerprint density at radius 2 is 2.19 bits per heavy atom. The van der Waals surface area contributed by atoms with Gasteiger partial charge in [0, 0.05) is 19.5 Å². The Labute approximate surface area is 162 Å². The predicted molar refractivity (Wildman–Crippen MR) is 107 cm³/mol. The maximum absolute atomic E-state index is 12.2. The molecule has 26 heavy (non-hydrogen) atoms. The van der Waals surface area contributed by atoms with Crippen LogP contribution in [0.25, 0.3) is 6.08 Å². The Morgan fingerprint density at radius 3 is 2.85 bits per heavy atom. The van der Waals surface area contributed by atoms with Gasteiger partial charge >= 0.3 is 0 Å². The molecule has 0 spiro atoms. The molecule has 0 aromatic heterocycles. The molecule has 1 N–H and O–H groups in total. The SMILES string of the molecule is CCOc1ccc(C=CC(=O)CCC2(C)CNCC(C)O2)cc1OC.Cl. The lowest BCUT2D eigenvalue weighted by molar-refractivity contribution is -0.121. The van der Waals surface area contributed by atoms with E-state index in [-0.39, 0.29) is 29.9 Å². The quantitative estimate of drug-likeness (QED) is 0.694. The van der Waals surface area contributed by atoms with Crippen LogP contribution in [0.5, 0.6) is 11.5 Å². The number of rotatable bonds is 8. The molecule has 1 fully saturated rings. The number of morpholine rings is 1. The second kappa shape index (κ2) is 10.6. The molecular weight excluding hydrogens is 354 g/mol. The smallest absolute Gasteiger partial charge is 0.161 e. The van der Waals surface area contributed by atoms with E-state index in [0.717, 1.165) is 18.7 Å². The molecule has 1 aliphatic rings. The zero-order chi connectivity index (χ0) is 18.3. The molecule has 0 bridgehead atoms. The third kappa shape index (κ3) is 6.63. The fourth-order valence-electron chi connectivity index (χ4n) is 2.98. The summed E-state index contributed by atoms with van der Waals surface area (Å²) in [4.78, 5) is 12.2. The lowest BCUT2D eigenvalue weighted by Gasteiger charge is -2.38. The van der Waals surface area contributed by atoms with Crippen LogP contribution in [0.15, 0.2) is 24.3 Å². The molecule has 5 nitrogen and oxygen atoms in total. The van der Waals surface area contributed by atoms with Crippen molar-refractivity contribution in [2.75, 3.05) is 26.8 Å². The van der Waals surface area contributed by atoms with Crippen molar-refractivity contribution >= 4 is 24.3 Å². The molecule has 1 saturated heterocycles. The first kappa shape index (κ1) is 22.5. The zero-order valence-electron chi connectivity index (χ0n) is 16.0. The van der Waals surface area contributed by atoms with Crippen molar-refractivity contribution in [2.45, 2.75) is 45.3 Å². The fraction of sp³-hybridized carbons (Fsp3) is 0.550. The summed E-state index contributed by atoms with van der Waals surface area (Å²) in [6, 6.07) is 5.64. The van der Waals surface area contributed by atoms with E-state index < -0.39 is 0 Å². The molecule has 0 radical (unpaired) electrons. The van der Waals surface area contributed by atoms with Crippen LogP contribution in [-0.4, -0.2) is 44.3 Å². The van der Waals surface area contributed by atoms with Crippen molar-refractivity contribution < 1.29 is 19.0 Å². The summed E-state index contributed by atoms with van der Waals surface area (Å²) in [5, 5.41) is 3.35. The van der Waals surface area contributed by atoms with Gasteiger partial charge in [-0.15, -0.1) is 12.4 Å². The Kier molecular flexibility index (Phi) is 9.13. The third-order valence-electron chi connectivity index (χ3n) is 4.27. The first-order chi connectivity index (χ1) is 12.0. The van der Waals surface area contributed by atoms with Crippen LogP contribution < -0.4 is 14.8 Å². The van der Waals surface area contributed by atoms with E-state index in [4.69, 9.17) is 14.2 Å². The van der Waals surface area contributed by atoms with Gasteiger partial charge in [0.25, 0.3) is 0 Å². The van der Waals surface area contributed by atoms with Gasteiger partial charge in [0.15, 0.2) is 17.3 Å². The second-order valence-electron chi connectivity index (χ2n) is 6.65. The number of benzene rings is 1. The number of nitrogens with one attached hydrogen (secondary N) is 1. The highest BCUT2D eigenvalue weighted by Crippen LogP contribution is 2.28. The normalized spacial score (nSPS) is 22.7. The van der Waals surface area contributed by atoms with Gasteiger partial charge in [0.05, 0.1) is 25.4 Å². The average Bonchev–Trinajstić information content (AvgIpc) is 2.59. The van der Waals surface area contributed by atoms with E-state index in [9.17, 15) is 4.79 Å². The molecular formula is C20H30ClNO4. The number of hydrogen-bond acceptors (Lipinski definition) is 5. The van der Waals surface area contributed by atoms with E-state index in [1.54, 1.807) is 13.2 Å². The van der Waals surface area contributed by atoms with Gasteiger partial charge < -0.3 is 19.5 Å². The molecule has 0 amide bonds. The molecule has 1 aliphatic heterocycles. The summed E-state index contributed by atoms with van der Waals surface area (Å²) in [7, 11) is 1.61. The van der Waals surface area contributed by atoms with Gasteiger partial charge in [-0.1, -0.05) is 12.1 Å². The largest absolute Gasteiger partial charge is 0.493 e. The topological polar surface area (TPSA) is 56.8 Å². The summed E-state index contributed by atoms with van der Waals surface area (Å²) in [6.07, 6.45) is 4.79. The maximum Gasteiger partial charge on any atom is 0.161 e. The van der Waals surface area contributed by atoms with E-state index in [2.05, 4.69) is 12.2 Å². The Bertz CT molecular complexity index is 620. The van der Waals surface area contributed by atoms with Crippen molar-refractivity contribution in [3.05, 3.63) is 29.8 Å². The molecule has 2 unspecified atom stereocenters. The summed E-state index contributed by atoms with van der Waals surface area (Å²) < 4.78 is 16.8. The molecule has 1 aromatic carbocycles. The molecule has 2 rings (SSSR count). The van der Waals surface area contributed by atoms with Crippen LogP contribution in [-0.2, 0) is 9.53 Å². The predicted octanol–water partition coefficient (Wildman–Crippen LogP) is 3.65. The molecule has 1 aromatic rings. The molecule has 1 heterocycles. The molecule has 6 heteroatoms. The maximum atomic E-state index is 12.2. The van der Waals surface area contributed by atoms with Crippen LogP contribution >= 0.6 is 12.4 Å². The van der Waals surface area contributed by atoms with Crippen LogP contribution in [0.4, 0.5) is 0 Å². The van der Waals surface area contributed by atoms with E-state index >= 15 is 0 Å². The highest BCUT2D eigenvalue weighted by atomic mass is 35.5. The van der Waals surface area contributed by atoms with Crippen LogP contribution in [0.1, 0.15) is 39.2 Å².